The van der Waals surface area contributed by atoms with E-state index in [2.05, 4.69) is 5.32 Å². The average molecular weight is 272 g/mol. The summed E-state index contributed by atoms with van der Waals surface area (Å²) in [5.74, 6) is 0. The molecule has 0 radical (unpaired) electrons. The highest BCUT2D eigenvalue weighted by Crippen LogP contribution is 2.21. The Kier molecular flexibility index (Phi) is 3.97. The second-order valence-electron chi connectivity index (χ2n) is 4.65. The van der Waals surface area contributed by atoms with Gasteiger partial charge in [-0.25, -0.2) is 4.79 Å². The van der Waals surface area contributed by atoms with E-state index < -0.39 is 18.8 Å². The zero-order valence-electron chi connectivity index (χ0n) is 10.3. The zero-order chi connectivity index (χ0) is 13.9. The van der Waals surface area contributed by atoms with Gasteiger partial charge in [-0.2, -0.15) is 13.2 Å². The minimum absolute atomic E-state index is 0.108. The number of urea groups is 1. The lowest BCUT2D eigenvalue weighted by molar-refractivity contribution is -0.122. The van der Waals surface area contributed by atoms with Crippen LogP contribution in [0.1, 0.15) is 17.5 Å². The topological polar surface area (TPSA) is 41.1 Å². The number of carbonyl (C=O) groups is 1. The Hall–Kier alpha value is -1.72. The summed E-state index contributed by atoms with van der Waals surface area (Å²) in [6.07, 6.45) is -2.14. The Morgan fingerprint density at radius 2 is 1.95 bits per heavy atom. The highest BCUT2D eigenvalue weighted by Gasteiger charge is 2.28. The molecule has 1 atom stereocenters. The smallest absolute Gasteiger partial charge is 0.335 e. The minimum atomic E-state index is -4.38. The van der Waals surface area contributed by atoms with E-state index in [4.69, 9.17) is 0 Å². The monoisotopic (exact) mass is 272 g/mol. The van der Waals surface area contributed by atoms with Crippen LogP contribution in [0.15, 0.2) is 24.3 Å². The van der Waals surface area contributed by atoms with E-state index in [1.165, 1.54) is 5.56 Å². The molecule has 1 aliphatic rings. The molecule has 104 valence electrons. The van der Waals surface area contributed by atoms with Crippen molar-refractivity contribution in [2.24, 2.45) is 0 Å². The van der Waals surface area contributed by atoms with Crippen molar-refractivity contribution >= 4 is 6.03 Å². The first kappa shape index (κ1) is 13.7. The number of amides is 2. The van der Waals surface area contributed by atoms with Crippen molar-refractivity contribution in [3.63, 3.8) is 0 Å². The van der Waals surface area contributed by atoms with Crippen LogP contribution in [0.25, 0.3) is 0 Å². The fourth-order valence-electron chi connectivity index (χ4n) is 2.24. The van der Waals surface area contributed by atoms with Crippen LogP contribution >= 0.6 is 0 Å². The van der Waals surface area contributed by atoms with Crippen LogP contribution in [0.3, 0.4) is 0 Å². The number of nitrogens with one attached hydrogen (secondary N) is 2. The molecule has 1 aromatic carbocycles. The molecular weight excluding hydrogens is 257 g/mol. The first-order valence-corrected chi connectivity index (χ1v) is 6.12. The Labute approximate surface area is 109 Å². The molecule has 0 aromatic heterocycles. The van der Waals surface area contributed by atoms with Gasteiger partial charge in [0.2, 0.25) is 0 Å². The van der Waals surface area contributed by atoms with E-state index in [1.54, 1.807) is 0 Å². The standard InChI is InChI=1S/C13H15F3N2O/c14-13(15,16)8-17-12(19)18-11-6-5-9-3-1-2-4-10(9)7-11/h1-4,11H,5-8H2,(H2,17,18,19). The molecule has 0 spiro atoms. The second-order valence-corrected chi connectivity index (χ2v) is 4.65. The van der Waals surface area contributed by atoms with Crippen LogP contribution in [-0.4, -0.2) is 24.8 Å². The molecule has 6 heteroatoms. The summed E-state index contributed by atoms with van der Waals surface area (Å²) < 4.78 is 35.8. The number of rotatable bonds is 2. The van der Waals surface area contributed by atoms with Gasteiger partial charge in [0.25, 0.3) is 0 Å². The van der Waals surface area contributed by atoms with Gasteiger partial charge in [0.15, 0.2) is 0 Å². The summed E-state index contributed by atoms with van der Waals surface area (Å²) in [5, 5.41) is 4.40. The molecule has 0 saturated heterocycles. The highest BCUT2D eigenvalue weighted by atomic mass is 19.4. The zero-order valence-corrected chi connectivity index (χ0v) is 10.3. The van der Waals surface area contributed by atoms with Gasteiger partial charge in [-0.05, 0) is 30.4 Å². The Morgan fingerprint density at radius 3 is 2.63 bits per heavy atom. The molecule has 0 aliphatic heterocycles. The molecule has 0 bridgehead atoms. The third-order valence-electron chi connectivity index (χ3n) is 3.13. The van der Waals surface area contributed by atoms with Gasteiger partial charge < -0.3 is 10.6 Å². The summed E-state index contributed by atoms with van der Waals surface area (Å²) in [6.45, 7) is -1.30. The van der Waals surface area contributed by atoms with E-state index in [1.807, 2.05) is 29.6 Å². The average Bonchev–Trinajstić information content (AvgIpc) is 2.35. The van der Waals surface area contributed by atoms with Gasteiger partial charge in [-0.3, -0.25) is 0 Å². The molecule has 2 rings (SSSR count). The van der Waals surface area contributed by atoms with Crippen molar-refractivity contribution in [2.45, 2.75) is 31.5 Å². The molecule has 1 aliphatic carbocycles. The Bertz CT molecular complexity index is 459. The van der Waals surface area contributed by atoms with Crippen molar-refractivity contribution in [1.29, 1.82) is 0 Å². The number of hydrogen-bond acceptors (Lipinski definition) is 1. The van der Waals surface area contributed by atoms with Crippen molar-refractivity contribution in [1.82, 2.24) is 10.6 Å². The third kappa shape index (κ3) is 4.15. The molecule has 2 N–H and O–H groups in total. The van der Waals surface area contributed by atoms with Crippen LogP contribution < -0.4 is 10.6 Å². The van der Waals surface area contributed by atoms with E-state index in [-0.39, 0.29) is 6.04 Å². The van der Waals surface area contributed by atoms with E-state index in [0.717, 1.165) is 18.4 Å². The normalized spacial score (nSPS) is 18.6. The number of carbonyl (C=O) groups excluding carboxylic acids is 1. The lowest BCUT2D eigenvalue weighted by Crippen LogP contribution is -2.46. The molecule has 3 nitrogen and oxygen atoms in total. The number of hydrogen-bond donors (Lipinski definition) is 2. The van der Waals surface area contributed by atoms with Gasteiger partial charge in [0.1, 0.15) is 6.54 Å². The second kappa shape index (κ2) is 5.50. The number of aryl methyl sites for hydroxylation is 1. The van der Waals surface area contributed by atoms with Gasteiger partial charge in [0.05, 0.1) is 0 Å². The number of benzene rings is 1. The number of halogens is 3. The maximum atomic E-state index is 11.9. The molecule has 0 saturated carbocycles. The predicted octanol–water partition coefficient (Wildman–Crippen LogP) is 2.41. The van der Waals surface area contributed by atoms with E-state index in [0.29, 0.717) is 6.42 Å². The molecule has 0 fully saturated rings. The summed E-state index contributed by atoms with van der Waals surface area (Å²) in [6, 6.07) is 7.03. The lowest BCUT2D eigenvalue weighted by Gasteiger charge is -2.25. The molecule has 19 heavy (non-hydrogen) atoms. The van der Waals surface area contributed by atoms with Gasteiger partial charge in [0, 0.05) is 6.04 Å². The fourth-order valence-corrected chi connectivity index (χ4v) is 2.24. The van der Waals surface area contributed by atoms with Crippen molar-refractivity contribution < 1.29 is 18.0 Å². The number of alkyl halides is 3. The largest absolute Gasteiger partial charge is 0.405 e. The van der Waals surface area contributed by atoms with Crippen molar-refractivity contribution in [3.05, 3.63) is 35.4 Å². The van der Waals surface area contributed by atoms with Crippen molar-refractivity contribution in [3.8, 4) is 0 Å². The van der Waals surface area contributed by atoms with Gasteiger partial charge >= 0.3 is 12.2 Å². The number of fused-ring (bicyclic) bond motifs is 1. The summed E-state index contributed by atoms with van der Waals surface area (Å²) >= 11 is 0. The third-order valence-corrected chi connectivity index (χ3v) is 3.13. The van der Waals surface area contributed by atoms with Gasteiger partial charge in [-0.15, -0.1) is 0 Å². The Balaban J connectivity index is 1.84. The highest BCUT2D eigenvalue weighted by molar-refractivity contribution is 5.74. The quantitative estimate of drug-likeness (QED) is 0.853. The first-order valence-electron chi connectivity index (χ1n) is 6.12. The van der Waals surface area contributed by atoms with Crippen LogP contribution in [-0.2, 0) is 12.8 Å². The lowest BCUT2D eigenvalue weighted by atomic mass is 9.88. The van der Waals surface area contributed by atoms with Crippen LogP contribution in [0.2, 0.25) is 0 Å². The molecule has 2 amide bonds. The van der Waals surface area contributed by atoms with Crippen LogP contribution in [0.4, 0.5) is 18.0 Å². The molecule has 1 aromatic rings. The van der Waals surface area contributed by atoms with Gasteiger partial charge in [-0.1, -0.05) is 24.3 Å². The maximum Gasteiger partial charge on any atom is 0.405 e. The van der Waals surface area contributed by atoms with E-state index >= 15 is 0 Å². The molecule has 1 unspecified atom stereocenters. The van der Waals surface area contributed by atoms with E-state index in [9.17, 15) is 18.0 Å². The Morgan fingerprint density at radius 1 is 1.26 bits per heavy atom. The van der Waals surface area contributed by atoms with Crippen molar-refractivity contribution in [2.75, 3.05) is 6.54 Å². The first-order chi connectivity index (χ1) is 8.94. The fraction of sp³-hybridized carbons (Fsp3) is 0.462. The van der Waals surface area contributed by atoms with Crippen LogP contribution in [0, 0.1) is 0 Å². The maximum absolute atomic E-state index is 11.9. The summed E-state index contributed by atoms with van der Waals surface area (Å²) in [7, 11) is 0. The summed E-state index contributed by atoms with van der Waals surface area (Å²) in [5.41, 5.74) is 2.39. The molecular formula is C13H15F3N2O. The summed E-state index contributed by atoms with van der Waals surface area (Å²) in [4.78, 5) is 11.3. The minimum Gasteiger partial charge on any atom is -0.335 e. The predicted molar refractivity (Wildman–Crippen MR) is 64.8 cm³/mol. The van der Waals surface area contributed by atoms with Crippen LogP contribution in [0.5, 0.6) is 0 Å². The molecule has 0 heterocycles. The SMILES string of the molecule is O=C(NCC(F)(F)F)NC1CCc2ccccc2C1.